The predicted molar refractivity (Wildman–Crippen MR) is 78.1 cm³/mol. The standard InChI is InChI=1S/C13H21NOS2/c1-2-4-14-12(8-11-3-5-15-9-11)13-10-16-6-7-17-13/h3,5,9,12-14H,2,4,6-8,10H2,1H3. The van der Waals surface area contributed by atoms with Gasteiger partial charge in [0.15, 0.2) is 0 Å². The molecule has 1 fully saturated rings. The van der Waals surface area contributed by atoms with Crippen molar-refractivity contribution < 1.29 is 4.42 Å². The van der Waals surface area contributed by atoms with Crippen molar-refractivity contribution in [3.63, 3.8) is 0 Å². The van der Waals surface area contributed by atoms with E-state index < -0.39 is 0 Å². The zero-order chi connectivity index (χ0) is 11.9. The molecule has 0 amide bonds. The quantitative estimate of drug-likeness (QED) is 0.860. The van der Waals surface area contributed by atoms with Gasteiger partial charge in [-0.15, -0.1) is 0 Å². The second-order valence-electron chi connectivity index (χ2n) is 4.38. The van der Waals surface area contributed by atoms with E-state index >= 15 is 0 Å². The summed E-state index contributed by atoms with van der Waals surface area (Å²) in [5, 5.41) is 4.45. The molecular weight excluding hydrogens is 250 g/mol. The average Bonchev–Trinajstić information content (AvgIpc) is 2.88. The second kappa shape index (κ2) is 7.39. The third kappa shape index (κ3) is 4.27. The Hall–Kier alpha value is -0.0600. The fourth-order valence-electron chi connectivity index (χ4n) is 2.07. The van der Waals surface area contributed by atoms with Gasteiger partial charge in [0, 0.05) is 28.6 Å². The van der Waals surface area contributed by atoms with Crippen LogP contribution in [-0.2, 0) is 6.42 Å². The minimum Gasteiger partial charge on any atom is -0.472 e. The number of hydrogen-bond donors (Lipinski definition) is 1. The molecule has 1 aromatic rings. The molecule has 2 heterocycles. The largest absolute Gasteiger partial charge is 0.472 e. The van der Waals surface area contributed by atoms with Crippen LogP contribution in [-0.4, -0.2) is 35.1 Å². The molecule has 1 aliphatic heterocycles. The molecule has 0 saturated carbocycles. The molecule has 0 bridgehead atoms. The van der Waals surface area contributed by atoms with Gasteiger partial charge in [-0.2, -0.15) is 23.5 Å². The summed E-state index contributed by atoms with van der Waals surface area (Å²) in [7, 11) is 0. The van der Waals surface area contributed by atoms with Crippen LogP contribution in [0.25, 0.3) is 0 Å². The molecule has 0 aromatic carbocycles. The van der Waals surface area contributed by atoms with Crippen molar-refractivity contribution in [3.8, 4) is 0 Å². The molecule has 1 saturated heterocycles. The van der Waals surface area contributed by atoms with Crippen LogP contribution < -0.4 is 5.32 Å². The van der Waals surface area contributed by atoms with Gasteiger partial charge in [-0.05, 0) is 31.0 Å². The zero-order valence-electron chi connectivity index (χ0n) is 10.4. The highest BCUT2D eigenvalue weighted by Gasteiger charge is 2.24. The van der Waals surface area contributed by atoms with E-state index in [-0.39, 0.29) is 0 Å². The number of hydrogen-bond acceptors (Lipinski definition) is 4. The smallest absolute Gasteiger partial charge is 0.0935 e. The number of thioether (sulfide) groups is 2. The molecule has 2 atom stereocenters. The highest BCUT2D eigenvalue weighted by molar-refractivity contribution is 8.06. The maximum Gasteiger partial charge on any atom is 0.0935 e. The van der Waals surface area contributed by atoms with Gasteiger partial charge in [-0.25, -0.2) is 0 Å². The Labute approximate surface area is 112 Å². The minimum atomic E-state index is 0.588. The first kappa shape index (κ1) is 13.4. The van der Waals surface area contributed by atoms with E-state index in [1.54, 1.807) is 6.26 Å². The molecule has 4 heteroatoms. The third-order valence-corrected chi connectivity index (χ3v) is 5.90. The molecule has 0 spiro atoms. The van der Waals surface area contributed by atoms with Crippen LogP contribution in [0.2, 0.25) is 0 Å². The van der Waals surface area contributed by atoms with Crippen LogP contribution in [0.15, 0.2) is 23.0 Å². The van der Waals surface area contributed by atoms with Crippen LogP contribution in [0.1, 0.15) is 18.9 Å². The Balaban J connectivity index is 1.91. The number of rotatable bonds is 6. The summed E-state index contributed by atoms with van der Waals surface area (Å²) in [5.74, 6) is 3.89. The van der Waals surface area contributed by atoms with E-state index in [0.29, 0.717) is 6.04 Å². The normalized spacial score (nSPS) is 22.5. The topological polar surface area (TPSA) is 25.2 Å². The van der Waals surface area contributed by atoms with E-state index in [1.807, 2.05) is 6.26 Å². The summed E-state index contributed by atoms with van der Waals surface area (Å²) in [4.78, 5) is 0. The Bertz CT molecular complexity index is 296. The number of nitrogens with one attached hydrogen (secondary N) is 1. The fourth-order valence-corrected chi connectivity index (χ4v) is 4.95. The lowest BCUT2D eigenvalue weighted by Crippen LogP contribution is -2.42. The van der Waals surface area contributed by atoms with Gasteiger partial charge in [0.05, 0.1) is 12.5 Å². The monoisotopic (exact) mass is 271 g/mol. The van der Waals surface area contributed by atoms with Gasteiger partial charge in [0.2, 0.25) is 0 Å². The maximum atomic E-state index is 5.17. The minimum absolute atomic E-state index is 0.588. The lowest BCUT2D eigenvalue weighted by Gasteiger charge is -2.30. The molecular formula is C13H21NOS2. The molecule has 2 rings (SSSR count). The molecule has 2 nitrogen and oxygen atoms in total. The molecule has 0 radical (unpaired) electrons. The van der Waals surface area contributed by atoms with Gasteiger partial charge < -0.3 is 9.73 Å². The van der Waals surface area contributed by atoms with E-state index in [2.05, 4.69) is 41.8 Å². The van der Waals surface area contributed by atoms with E-state index in [9.17, 15) is 0 Å². The second-order valence-corrected chi connectivity index (χ2v) is 6.88. The van der Waals surface area contributed by atoms with Gasteiger partial charge >= 0.3 is 0 Å². The summed E-state index contributed by atoms with van der Waals surface area (Å²) < 4.78 is 5.17. The van der Waals surface area contributed by atoms with E-state index in [0.717, 1.165) is 18.2 Å². The van der Waals surface area contributed by atoms with Crippen LogP contribution in [0.5, 0.6) is 0 Å². The summed E-state index contributed by atoms with van der Waals surface area (Å²) in [6, 6.07) is 2.67. The molecule has 1 N–H and O–H groups in total. The van der Waals surface area contributed by atoms with Crippen LogP contribution in [0.3, 0.4) is 0 Å². The molecule has 2 unspecified atom stereocenters. The summed E-state index contributed by atoms with van der Waals surface area (Å²) in [6.07, 6.45) is 5.94. The zero-order valence-corrected chi connectivity index (χ0v) is 12.0. The SMILES string of the molecule is CCCNC(Cc1ccoc1)C1CSCCS1. The van der Waals surface area contributed by atoms with Gasteiger partial charge in [0.25, 0.3) is 0 Å². The van der Waals surface area contributed by atoms with Gasteiger partial charge in [-0.3, -0.25) is 0 Å². The van der Waals surface area contributed by atoms with Gasteiger partial charge in [0.1, 0.15) is 0 Å². The Morgan fingerprint density at radius 3 is 3.12 bits per heavy atom. The van der Waals surface area contributed by atoms with E-state index in [4.69, 9.17) is 4.42 Å². The summed E-state index contributed by atoms with van der Waals surface area (Å²) in [5.41, 5.74) is 1.31. The fraction of sp³-hybridized carbons (Fsp3) is 0.692. The van der Waals surface area contributed by atoms with Crippen LogP contribution in [0, 0.1) is 0 Å². The summed E-state index contributed by atoms with van der Waals surface area (Å²) >= 11 is 4.22. The van der Waals surface area contributed by atoms with Crippen LogP contribution >= 0.6 is 23.5 Å². The average molecular weight is 271 g/mol. The first-order valence-electron chi connectivity index (χ1n) is 6.34. The lowest BCUT2D eigenvalue weighted by molar-refractivity contribution is 0.500. The van der Waals surface area contributed by atoms with Crippen LogP contribution in [0.4, 0.5) is 0 Å². The molecule has 1 aliphatic rings. The Kier molecular flexibility index (Phi) is 5.81. The highest BCUT2D eigenvalue weighted by atomic mass is 32.2. The van der Waals surface area contributed by atoms with Crippen molar-refractivity contribution >= 4 is 23.5 Å². The molecule has 96 valence electrons. The molecule has 1 aromatic heterocycles. The van der Waals surface area contributed by atoms with Crippen molar-refractivity contribution in [2.45, 2.75) is 31.1 Å². The first-order chi connectivity index (χ1) is 8.40. The van der Waals surface area contributed by atoms with Gasteiger partial charge in [-0.1, -0.05) is 6.92 Å². The Morgan fingerprint density at radius 2 is 2.47 bits per heavy atom. The maximum absolute atomic E-state index is 5.17. The van der Waals surface area contributed by atoms with Crippen molar-refractivity contribution in [2.24, 2.45) is 0 Å². The lowest BCUT2D eigenvalue weighted by atomic mass is 10.1. The van der Waals surface area contributed by atoms with Crippen molar-refractivity contribution in [2.75, 3.05) is 23.8 Å². The Morgan fingerprint density at radius 1 is 1.53 bits per heavy atom. The first-order valence-corrected chi connectivity index (χ1v) is 8.54. The highest BCUT2D eigenvalue weighted by Crippen LogP contribution is 2.27. The van der Waals surface area contributed by atoms with Crippen molar-refractivity contribution in [3.05, 3.63) is 24.2 Å². The molecule has 17 heavy (non-hydrogen) atoms. The molecule has 0 aliphatic carbocycles. The summed E-state index contributed by atoms with van der Waals surface area (Å²) in [6.45, 7) is 3.34. The van der Waals surface area contributed by atoms with E-state index in [1.165, 1.54) is 29.2 Å². The van der Waals surface area contributed by atoms with Crippen molar-refractivity contribution in [1.29, 1.82) is 0 Å². The predicted octanol–water partition coefficient (Wildman–Crippen LogP) is 3.04. The van der Waals surface area contributed by atoms with Crippen molar-refractivity contribution in [1.82, 2.24) is 5.32 Å². The third-order valence-electron chi connectivity index (χ3n) is 2.98. The number of furan rings is 1.